The fraction of sp³-hybridized carbons (Fsp3) is 0.400. The number of carbonyl (C=O) groups is 1. The van der Waals surface area contributed by atoms with E-state index in [2.05, 4.69) is 5.10 Å². The monoisotopic (exact) mass is 302 g/mol. The first-order valence-electron chi connectivity index (χ1n) is 7.35. The minimum absolute atomic E-state index is 0.187. The van der Waals surface area contributed by atoms with E-state index in [9.17, 15) is 9.59 Å². The van der Waals surface area contributed by atoms with E-state index in [1.54, 1.807) is 4.90 Å². The van der Waals surface area contributed by atoms with Crippen LogP contribution in [0, 0.1) is 0 Å². The molecule has 0 unspecified atom stereocenters. The normalized spacial score (nSPS) is 14.0. The van der Waals surface area contributed by atoms with Gasteiger partial charge in [0.05, 0.1) is 6.54 Å². The van der Waals surface area contributed by atoms with Gasteiger partial charge in [-0.05, 0) is 19.1 Å². The van der Waals surface area contributed by atoms with E-state index in [1.165, 1.54) is 9.25 Å². The van der Waals surface area contributed by atoms with Crippen molar-refractivity contribution in [3.8, 4) is 5.75 Å². The number of carbonyl (C=O) groups excluding carboxylic acids is 1. The SMILES string of the molecule is CCN1CCn2c(nn(CCOc3ccccc3)c2=O)C1=O. The predicted molar refractivity (Wildman–Crippen MR) is 80.0 cm³/mol. The number of benzene rings is 1. The Hall–Kier alpha value is -2.57. The second-order valence-corrected chi connectivity index (χ2v) is 5.03. The molecule has 0 saturated carbocycles. The summed E-state index contributed by atoms with van der Waals surface area (Å²) in [5.41, 5.74) is -0.254. The standard InChI is InChI=1S/C15H18N4O3/c1-2-17-8-9-18-13(14(17)20)16-19(15(18)21)10-11-22-12-6-4-3-5-7-12/h3-7H,2,8-11H2,1H3. The fourth-order valence-electron chi connectivity index (χ4n) is 2.48. The molecule has 1 aromatic heterocycles. The zero-order chi connectivity index (χ0) is 15.5. The molecule has 2 heterocycles. The molecule has 0 spiro atoms. The Morgan fingerprint density at radius 3 is 2.68 bits per heavy atom. The summed E-state index contributed by atoms with van der Waals surface area (Å²) < 4.78 is 8.30. The number of fused-ring (bicyclic) bond motifs is 1. The second-order valence-electron chi connectivity index (χ2n) is 5.03. The van der Waals surface area contributed by atoms with Crippen molar-refractivity contribution in [3.63, 3.8) is 0 Å². The lowest BCUT2D eigenvalue weighted by atomic mass is 10.3. The van der Waals surface area contributed by atoms with Crippen LogP contribution in [0.5, 0.6) is 5.75 Å². The number of amides is 1. The van der Waals surface area contributed by atoms with Crippen molar-refractivity contribution >= 4 is 5.91 Å². The quantitative estimate of drug-likeness (QED) is 0.811. The Bertz CT molecular complexity index is 720. The van der Waals surface area contributed by atoms with Crippen molar-refractivity contribution in [1.29, 1.82) is 0 Å². The molecule has 0 atom stereocenters. The van der Waals surface area contributed by atoms with Crippen molar-refractivity contribution in [2.24, 2.45) is 0 Å². The third kappa shape index (κ3) is 2.61. The molecule has 0 bridgehead atoms. The lowest BCUT2D eigenvalue weighted by molar-refractivity contribution is 0.0705. The molecule has 3 rings (SSSR count). The highest BCUT2D eigenvalue weighted by Crippen LogP contribution is 2.09. The van der Waals surface area contributed by atoms with Crippen LogP contribution >= 0.6 is 0 Å². The molecule has 0 saturated heterocycles. The number of likely N-dealkylation sites (N-methyl/N-ethyl adjacent to an activating group) is 1. The number of hydrogen-bond acceptors (Lipinski definition) is 4. The van der Waals surface area contributed by atoms with Crippen LogP contribution < -0.4 is 10.4 Å². The Morgan fingerprint density at radius 2 is 1.95 bits per heavy atom. The summed E-state index contributed by atoms with van der Waals surface area (Å²) in [5, 5.41) is 4.16. The van der Waals surface area contributed by atoms with Gasteiger partial charge < -0.3 is 9.64 Å². The molecule has 116 valence electrons. The van der Waals surface area contributed by atoms with Gasteiger partial charge in [0.2, 0.25) is 5.82 Å². The van der Waals surface area contributed by atoms with E-state index in [1.807, 2.05) is 37.3 Å². The summed E-state index contributed by atoms with van der Waals surface area (Å²) in [6.07, 6.45) is 0. The van der Waals surface area contributed by atoms with E-state index >= 15 is 0 Å². The van der Waals surface area contributed by atoms with Gasteiger partial charge in [-0.3, -0.25) is 9.36 Å². The van der Waals surface area contributed by atoms with Crippen LogP contribution in [0.1, 0.15) is 17.5 Å². The van der Waals surface area contributed by atoms with Gasteiger partial charge in [-0.2, -0.15) is 0 Å². The summed E-state index contributed by atoms with van der Waals surface area (Å²) in [4.78, 5) is 26.1. The maximum Gasteiger partial charge on any atom is 0.346 e. The molecule has 22 heavy (non-hydrogen) atoms. The van der Waals surface area contributed by atoms with Gasteiger partial charge in [0.15, 0.2) is 0 Å². The number of para-hydroxylation sites is 1. The number of ether oxygens (including phenoxy) is 1. The van der Waals surface area contributed by atoms with Crippen LogP contribution in [0.15, 0.2) is 35.1 Å². The Morgan fingerprint density at radius 1 is 1.18 bits per heavy atom. The Kier molecular flexibility index (Phi) is 3.95. The van der Waals surface area contributed by atoms with E-state index in [4.69, 9.17) is 4.74 Å². The van der Waals surface area contributed by atoms with Crippen LogP contribution in [0.25, 0.3) is 0 Å². The van der Waals surface area contributed by atoms with Gasteiger partial charge >= 0.3 is 5.69 Å². The average molecular weight is 302 g/mol. The number of nitrogens with zero attached hydrogens (tertiary/aromatic N) is 4. The molecule has 1 aliphatic heterocycles. The van der Waals surface area contributed by atoms with Crippen molar-refractivity contribution in [3.05, 3.63) is 46.6 Å². The average Bonchev–Trinajstić information content (AvgIpc) is 2.87. The number of aromatic nitrogens is 3. The molecule has 0 aliphatic carbocycles. The molecular formula is C15H18N4O3. The molecule has 0 radical (unpaired) electrons. The summed E-state index contributed by atoms with van der Waals surface area (Å²) in [6, 6.07) is 9.38. The van der Waals surface area contributed by atoms with Gasteiger partial charge in [0.1, 0.15) is 12.4 Å². The maximum atomic E-state index is 12.2. The van der Waals surface area contributed by atoms with E-state index in [-0.39, 0.29) is 17.4 Å². The second kappa shape index (κ2) is 6.05. The van der Waals surface area contributed by atoms with Gasteiger partial charge in [-0.1, -0.05) is 18.2 Å². The summed E-state index contributed by atoms with van der Waals surface area (Å²) in [7, 11) is 0. The minimum atomic E-state index is -0.254. The highest BCUT2D eigenvalue weighted by atomic mass is 16.5. The topological polar surface area (TPSA) is 69.4 Å². The van der Waals surface area contributed by atoms with E-state index in [0.717, 1.165) is 5.75 Å². The first-order chi connectivity index (χ1) is 10.7. The number of rotatable bonds is 5. The lowest BCUT2D eigenvalue weighted by Crippen LogP contribution is -2.42. The van der Waals surface area contributed by atoms with Gasteiger partial charge in [0.25, 0.3) is 5.91 Å². The molecule has 1 aliphatic rings. The molecular weight excluding hydrogens is 284 g/mol. The van der Waals surface area contributed by atoms with E-state index in [0.29, 0.717) is 32.8 Å². The first kappa shape index (κ1) is 14.4. The summed E-state index contributed by atoms with van der Waals surface area (Å²) >= 11 is 0. The molecule has 1 aromatic carbocycles. The first-order valence-corrected chi connectivity index (χ1v) is 7.35. The zero-order valence-corrected chi connectivity index (χ0v) is 12.4. The number of hydrogen-bond donors (Lipinski definition) is 0. The van der Waals surface area contributed by atoms with Crippen molar-refractivity contribution < 1.29 is 9.53 Å². The van der Waals surface area contributed by atoms with Crippen molar-refractivity contribution in [1.82, 2.24) is 19.2 Å². The summed E-state index contributed by atoms with van der Waals surface area (Å²) in [6.45, 7) is 4.22. The third-order valence-corrected chi connectivity index (χ3v) is 3.69. The van der Waals surface area contributed by atoms with Gasteiger partial charge in [-0.25, -0.2) is 9.48 Å². The Labute approximate surface area is 127 Å². The highest BCUT2D eigenvalue weighted by Gasteiger charge is 2.28. The highest BCUT2D eigenvalue weighted by molar-refractivity contribution is 5.91. The molecule has 1 amide bonds. The molecule has 2 aromatic rings. The van der Waals surface area contributed by atoms with Crippen LogP contribution in [0.2, 0.25) is 0 Å². The molecule has 7 nitrogen and oxygen atoms in total. The minimum Gasteiger partial charge on any atom is -0.492 e. The van der Waals surface area contributed by atoms with Crippen LogP contribution in [-0.2, 0) is 13.1 Å². The Balaban J connectivity index is 1.71. The summed E-state index contributed by atoms with van der Waals surface area (Å²) in [5.74, 6) is 0.777. The van der Waals surface area contributed by atoms with Gasteiger partial charge in [0, 0.05) is 19.6 Å². The van der Waals surface area contributed by atoms with Crippen LogP contribution in [-0.4, -0.2) is 44.9 Å². The lowest BCUT2D eigenvalue weighted by Gasteiger charge is -2.24. The van der Waals surface area contributed by atoms with Crippen molar-refractivity contribution in [2.45, 2.75) is 20.0 Å². The maximum absolute atomic E-state index is 12.2. The predicted octanol–water partition coefficient (Wildman–Crippen LogP) is 0.599. The largest absolute Gasteiger partial charge is 0.492 e. The molecule has 7 heteroatoms. The molecule has 0 N–H and O–H groups in total. The van der Waals surface area contributed by atoms with Crippen molar-refractivity contribution in [2.75, 3.05) is 19.7 Å². The van der Waals surface area contributed by atoms with E-state index < -0.39 is 0 Å². The van der Waals surface area contributed by atoms with Crippen LogP contribution in [0.4, 0.5) is 0 Å². The third-order valence-electron chi connectivity index (χ3n) is 3.69. The van der Waals surface area contributed by atoms with Gasteiger partial charge in [-0.15, -0.1) is 5.10 Å². The molecule has 0 fully saturated rings. The zero-order valence-electron chi connectivity index (χ0n) is 12.4. The smallest absolute Gasteiger partial charge is 0.346 e. The van der Waals surface area contributed by atoms with Crippen LogP contribution in [0.3, 0.4) is 0 Å². The fourth-order valence-corrected chi connectivity index (χ4v) is 2.48.